The molecule has 3 heteroatoms. The average molecular weight is 237 g/mol. The second-order valence-corrected chi connectivity index (χ2v) is 4.44. The lowest BCUT2D eigenvalue weighted by Crippen LogP contribution is -2.37. The number of aliphatic hydroxyl groups excluding tert-OH is 1. The molecule has 1 atom stereocenters. The van der Waals surface area contributed by atoms with E-state index in [2.05, 4.69) is 17.4 Å². The van der Waals surface area contributed by atoms with Crippen molar-refractivity contribution in [2.24, 2.45) is 0 Å². The minimum Gasteiger partial charge on any atom is -0.395 e. The topological polar surface area (TPSA) is 41.5 Å². The van der Waals surface area contributed by atoms with Crippen LogP contribution in [0.4, 0.5) is 0 Å². The number of hydrogen-bond acceptors (Lipinski definition) is 3. The smallest absolute Gasteiger partial charge is 0.0594 e. The molecule has 0 amide bonds. The molecule has 1 rings (SSSR count). The Bertz CT molecular complexity index is 288. The minimum atomic E-state index is 0.105. The van der Waals surface area contributed by atoms with E-state index in [0.29, 0.717) is 6.61 Å². The average Bonchev–Trinajstić information content (AvgIpc) is 2.34. The molecule has 0 aliphatic rings. The predicted molar refractivity (Wildman–Crippen MR) is 70.1 cm³/mol. The van der Waals surface area contributed by atoms with Gasteiger partial charge in [0.1, 0.15) is 0 Å². The Hall–Kier alpha value is -0.900. The largest absolute Gasteiger partial charge is 0.395 e. The number of ether oxygens (including phenoxy) is 1. The molecule has 1 aromatic carbocycles. The lowest BCUT2D eigenvalue weighted by atomic mass is 10.1. The molecule has 0 bridgehead atoms. The van der Waals surface area contributed by atoms with Crippen molar-refractivity contribution < 1.29 is 9.84 Å². The normalized spacial score (nSPS) is 12.9. The third kappa shape index (κ3) is 6.41. The van der Waals surface area contributed by atoms with E-state index in [1.54, 1.807) is 0 Å². The van der Waals surface area contributed by atoms with Crippen LogP contribution in [0.25, 0.3) is 0 Å². The van der Waals surface area contributed by atoms with Gasteiger partial charge in [0.15, 0.2) is 0 Å². The molecule has 0 aliphatic carbocycles. The highest BCUT2D eigenvalue weighted by Crippen LogP contribution is 2.02. The first kappa shape index (κ1) is 14.2. The SMILES string of the molecule is CC(C)OCCNC(CO)Cc1ccccc1. The van der Waals surface area contributed by atoms with E-state index in [4.69, 9.17) is 4.74 Å². The van der Waals surface area contributed by atoms with Gasteiger partial charge in [-0.15, -0.1) is 0 Å². The van der Waals surface area contributed by atoms with Crippen LogP contribution < -0.4 is 5.32 Å². The Labute approximate surface area is 104 Å². The van der Waals surface area contributed by atoms with Crippen molar-refractivity contribution in [3.8, 4) is 0 Å². The number of hydrogen-bond donors (Lipinski definition) is 2. The molecule has 2 N–H and O–H groups in total. The van der Waals surface area contributed by atoms with Crippen molar-refractivity contribution in [3.05, 3.63) is 35.9 Å². The quantitative estimate of drug-likeness (QED) is 0.675. The first-order valence-electron chi connectivity index (χ1n) is 6.22. The second-order valence-electron chi connectivity index (χ2n) is 4.44. The van der Waals surface area contributed by atoms with Crippen LogP contribution in [-0.2, 0) is 11.2 Å². The molecule has 96 valence electrons. The molecule has 0 aromatic heterocycles. The third-order valence-corrected chi connectivity index (χ3v) is 2.53. The molecule has 0 spiro atoms. The maximum Gasteiger partial charge on any atom is 0.0594 e. The molecule has 1 unspecified atom stereocenters. The maximum absolute atomic E-state index is 9.29. The summed E-state index contributed by atoms with van der Waals surface area (Å²) in [6.45, 7) is 5.65. The van der Waals surface area contributed by atoms with Crippen LogP contribution in [0.1, 0.15) is 19.4 Å². The summed E-state index contributed by atoms with van der Waals surface area (Å²) in [5, 5.41) is 12.6. The van der Waals surface area contributed by atoms with E-state index in [9.17, 15) is 5.11 Å². The van der Waals surface area contributed by atoms with Crippen LogP contribution in [0.5, 0.6) is 0 Å². The van der Waals surface area contributed by atoms with Crippen LogP contribution >= 0.6 is 0 Å². The molecule has 0 fully saturated rings. The molecule has 3 nitrogen and oxygen atoms in total. The second kappa shape index (κ2) is 8.23. The fraction of sp³-hybridized carbons (Fsp3) is 0.571. The fourth-order valence-corrected chi connectivity index (χ4v) is 1.66. The summed E-state index contributed by atoms with van der Waals surface area (Å²) in [5.41, 5.74) is 1.24. The lowest BCUT2D eigenvalue weighted by Gasteiger charge is -2.17. The Morgan fingerprint density at radius 1 is 1.24 bits per heavy atom. The highest BCUT2D eigenvalue weighted by molar-refractivity contribution is 5.15. The molecule has 0 saturated carbocycles. The van der Waals surface area contributed by atoms with Crippen LogP contribution in [0.2, 0.25) is 0 Å². The molecule has 1 aromatic rings. The van der Waals surface area contributed by atoms with Gasteiger partial charge in [-0.25, -0.2) is 0 Å². The Morgan fingerprint density at radius 3 is 2.53 bits per heavy atom. The third-order valence-electron chi connectivity index (χ3n) is 2.53. The first-order chi connectivity index (χ1) is 8.22. The number of rotatable bonds is 8. The molecule has 0 heterocycles. The van der Waals surface area contributed by atoms with E-state index in [0.717, 1.165) is 13.0 Å². The van der Waals surface area contributed by atoms with E-state index in [1.807, 2.05) is 32.0 Å². The van der Waals surface area contributed by atoms with Gasteiger partial charge in [0.2, 0.25) is 0 Å². The summed E-state index contributed by atoms with van der Waals surface area (Å²) < 4.78 is 5.44. The van der Waals surface area contributed by atoms with Gasteiger partial charge in [0.05, 0.1) is 19.3 Å². The van der Waals surface area contributed by atoms with Crippen molar-refractivity contribution in [2.45, 2.75) is 32.4 Å². The summed E-state index contributed by atoms with van der Waals surface area (Å²) in [7, 11) is 0. The van der Waals surface area contributed by atoms with Crippen molar-refractivity contribution >= 4 is 0 Å². The van der Waals surface area contributed by atoms with Crippen LogP contribution in [0, 0.1) is 0 Å². The zero-order valence-corrected chi connectivity index (χ0v) is 10.7. The zero-order valence-electron chi connectivity index (χ0n) is 10.7. The summed E-state index contributed by atoms with van der Waals surface area (Å²) in [4.78, 5) is 0. The molecule has 0 radical (unpaired) electrons. The number of aliphatic hydroxyl groups is 1. The summed E-state index contributed by atoms with van der Waals surface area (Å²) in [6, 6.07) is 10.3. The van der Waals surface area contributed by atoms with Crippen LogP contribution in [0.3, 0.4) is 0 Å². The van der Waals surface area contributed by atoms with Gasteiger partial charge in [0.25, 0.3) is 0 Å². The van der Waals surface area contributed by atoms with Crippen LogP contribution in [0.15, 0.2) is 30.3 Å². The Morgan fingerprint density at radius 2 is 1.94 bits per heavy atom. The summed E-state index contributed by atoms with van der Waals surface area (Å²) >= 11 is 0. The van der Waals surface area contributed by atoms with E-state index < -0.39 is 0 Å². The molecule has 17 heavy (non-hydrogen) atoms. The zero-order chi connectivity index (χ0) is 12.5. The van der Waals surface area contributed by atoms with Gasteiger partial charge in [0, 0.05) is 12.6 Å². The van der Waals surface area contributed by atoms with Gasteiger partial charge in [-0.05, 0) is 25.8 Å². The monoisotopic (exact) mass is 237 g/mol. The highest BCUT2D eigenvalue weighted by atomic mass is 16.5. The Balaban J connectivity index is 2.24. The fourth-order valence-electron chi connectivity index (χ4n) is 1.66. The van der Waals surface area contributed by atoms with E-state index >= 15 is 0 Å². The molecular weight excluding hydrogens is 214 g/mol. The molecular formula is C14H23NO2. The summed E-state index contributed by atoms with van der Waals surface area (Å²) in [5.74, 6) is 0. The van der Waals surface area contributed by atoms with Crippen molar-refractivity contribution in [1.82, 2.24) is 5.32 Å². The van der Waals surface area contributed by atoms with Crippen molar-refractivity contribution in [2.75, 3.05) is 19.8 Å². The van der Waals surface area contributed by atoms with Crippen LogP contribution in [-0.4, -0.2) is 37.0 Å². The Kier molecular flexibility index (Phi) is 6.86. The van der Waals surface area contributed by atoms with Crippen molar-refractivity contribution in [3.63, 3.8) is 0 Å². The van der Waals surface area contributed by atoms with E-state index in [-0.39, 0.29) is 18.8 Å². The van der Waals surface area contributed by atoms with Crippen molar-refractivity contribution in [1.29, 1.82) is 0 Å². The van der Waals surface area contributed by atoms with E-state index in [1.165, 1.54) is 5.56 Å². The highest BCUT2D eigenvalue weighted by Gasteiger charge is 2.07. The standard InChI is InChI=1S/C14H23NO2/c1-12(2)17-9-8-15-14(11-16)10-13-6-4-3-5-7-13/h3-7,12,14-16H,8-11H2,1-2H3. The number of nitrogens with one attached hydrogen (secondary N) is 1. The van der Waals surface area contributed by atoms with Gasteiger partial charge in [-0.1, -0.05) is 30.3 Å². The maximum atomic E-state index is 9.29. The van der Waals surface area contributed by atoms with Gasteiger partial charge >= 0.3 is 0 Å². The predicted octanol–water partition coefficient (Wildman–Crippen LogP) is 1.60. The first-order valence-corrected chi connectivity index (χ1v) is 6.22. The lowest BCUT2D eigenvalue weighted by molar-refractivity contribution is 0.0777. The summed E-state index contributed by atoms with van der Waals surface area (Å²) in [6.07, 6.45) is 1.11. The molecule has 0 saturated heterocycles. The van der Waals surface area contributed by atoms with Gasteiger partial charge < -0.3 is 15.2 Å². The minimum absolute atomic E-state index is 0.105. The van der Waals surface area contributed by atoms with Gasteiger partial charge in [-0.2, -0.15) is 0 Å². The van der Waals surface area contributed by atoms with Gasteiger partial charge in [-0.3, -0.25) is 0 Å². The number of benzene rings is 1. The molecule has 0 aliphatic heterocycles.